The number of Topliss-reactive ketones (excluding diaryl/α,β-unsaturated/α-hetero) is 1. The number of hydrogen-bond donors (Lipinski definition) is 1. The Morgan fingerprint density at radius 3 is 2.78 bits per heavy atom. The molecule has 1 N–H and O–H groups in total. The van der Waals surface area contributed by atoms with Crippen LogP contribution in [0.2, 0.25) is 0 Å². The van der Waals surface area contributed by atoms with Crippen molar-refractivity contribution in [2.45, 2.75) is 46.0 Å². The number of ketones is 1. The normalized spacial score (nSPS) is 21.2. The van der Waals surface area contributed by atoms with Crippen LogP contribution in [0.25, 0.3) is 0 Å². The van der Waals surface area contributed by atoms with Crippen LogP contribution in [0.1, 0.15) is 48.8 Å². The van der Waals surface area contributed by atoms with Crippen molar-refractivity contribution in [2.24, 2.45) is 0 Å². The third kappa shape index (κ3) is 2.85. The summed E-state index contributed by atoms with van der Waals surface area (Å²) in [7, 11) is 0. The van der Waals surface area contributed by atoms with Gasteiger partial charge < -0.3 is 10.1 Å². The van der Waals surface area contributed by atoms with E-state index in [2.05, 4.69) is 5.32 Å². The lowest BCUT2D eigenvalue weighted by Gasteiger charge is -2.33. The minimum absolute atomic E-state index is 0.143. The Bertz CT molecular complexity index is 726. The van der Waals surface area contributed by atoms with Crippen molar-refractivity contribution in [3.8, 4) is 0 Å². The number of dihydropyridines is 1. The van der Waals surface area contributed by atoms with Crippen molar-refractivity contribution in [3.05, 3.63) is 44.4 Å². The molecule has 0 saturated carbocycles. The van der Waals surface area contributed by atoms with E-state index in [9.17, 15) is 9.59 Å². The molecule has 122 valence electrons. The lowest BCUT2D eigenvalue weighted by molar-refractivity contribution is -0.138. The number of aryl methyl sites for hydroxylation is 1. The smallest absolute Gasteiger partial charge is 0.336 e. The molecule has 0 radical (unpaired) electrons. The van der Waals surface area contributed by atoms with E-state index < -0.39 is 0 Å². The summed E-state index contributed by atoms with van der Waals surface area (Å²) in [5.74, 6) is -0.487. The molecular formula is C18H21NO3S. The summed E-state index contributed by atoms with van der Waals surface area (Å²) in [6, 6.07) is 4.06. The summed E-state index contributed by atoms with van der Waals surface area (Å²) >= 11 is 1.64. The highest BCUT2D eigenvalue weighted by molar-refractivity contribution is 7.12. The fourth-order valence-corrected chi connectivity index (χ4v) is 4.35. The Kier molecular flexibility index (Phi) is 4.39. The van der Waals surface area contributed by atoms with Gasteiger partial charge in [-0.2, -0.15) is 0 Å². The molecule has 1 aromatic heterocycles. The summed E-state index contributed by atoms with van der Waals surface area (Å²) in [6.45, 7) is 6.05. The van der Waals surface area contributed by atoms with Gasteiger partial charge in [-0.05, 0) is 45.7 Å². The lowest BCUT2D eigenvalue weighted by Crippen LogP contribution is -2.34. The molecule has 0 aromatic carbocycles. The number of nitrogens with one attached hydrogen (secondary N) is 1. The molecule has 2 aliphatic rings. The Balaban J connectivity index is 2.14. The molecule has 1 aliphatic heterocycles. The minimum Gasteiger partial charge on any atom is -0.463 e. The van der Waals surface area contributed by atoms with Gasteiger partial charge in [0.15, 0.2) is 5.78 Å². The van der Waals surface area contributed by atoms with Gasteiger partial charge in [0.25, 0.3) is 0 Å². The number of thiophene rings is 1. The van der Waals surface area contributed by atoms with Gasteiger partial charge in [0, 0.05) is 33.1 Å². The first-order valence-corrected chi connectivity index (χ1v) is 8.82. The molecule has 0 bridgehead atoms. The van der Waals surface area contributed by atoms with E-state index in [-0.39, 0.29) is 17.7 Å². The van der Waals surface area contributed by atoms with Crippen molar-refractivity contribution >= 4 is 23.1 Å². The van der Waals surface area contributed by atoms with Crippen LogP contribution >= 0.6 is 11.3 Å². The molecule has 3 rings (SSSR count). The van der Waals surface area contributed by atoms with Gasteiger partial charge in [-0.3, -0.25) is 4.79 Å². The SMILES string of the molecule is CCOC(=O)C1=C(C)NC2=C(C(=O)CCC2)[C@H]1c1ccc(C)s1. The third-order valence-electron chi connectivity index (χ3n) is 4.32. The number of esters is 1. The largest absolute Gasteiger partial charge is 0.463 e. The molecular weight excluding hydrogens is 310 g/mol. The first-order valence-electron chi connectivity index (χ1n) is 8.00. The Morgan fingerprint density at radius 1 is 1.35 bits per heavy atom. The van der Waals surface area contributed by atoms with E-state index in [1.165, 1.54) is 4.88 Å². The maximum Gasteiger partial charge on any atom is 0.336 e. The number of carbonyl (C=O) groups is 2. The molecule has 0 unspecified atom stereocenters. The summed E-state index contributed by atoms with van der Waals surface area (Å²) in [5, 5.41) is 3.29. The fraction of sp³-hybridized carbons (Fsp3) is 0.444. The fourth-order valence-electron chi connectivity index (χ4n) is 3.36. The highest BCUT2D eigenvalue weighted by Gasteiger charge is 2.39. The van der Waals surface area contributed by atoms with Gasteiger partial charge in [0.1, 0.15) is 0 Å². The van der Waals surface area contributed by atoms with Crippen LogP contribution in [-0.4, -0.2) is 18.4 Å². The summed E-state index contributed by atoms with van der Waals surface area (Å²) in [5.41, 5.74) is 3.10. The van der Waals surface area contributed by atoms with Crippen molar-refractivity contribution in [2.75, 3.05) is 6.61 Å². The highest BCUT2D eigenvalue weighted by Crippen LogP contribution is 2.44. The molecule has 1 aliphatic carbocycles. The molecule has 0 saturated heterocycles. The zero-order chi connectivity index (χ0) is 16.6. The Hall–Kier alpha value is -1.88. The number of hydrogen-bond acceptors (Lipinski definition) is 5. The number of ether oxygens (including phenoxy) is 1. The topological polar surface area (TPSA) is 55.4 Å². The predicted molar refractivity (Wildman–Crippen MR) is 90.1 cm³/mol. The molecule has 1 atom stereocenters. The number of rotatable bonds is 3. The Morgan fingerprint density at radius 2 is 2.13 bits per heavy atom. The number of carbonyl (C=O) groups excluding carboxylic acids is 2. The summed E-state index contributed by atoms with van der Waals surface area (Å²) < 4.78 is 5.26. The van der Waals surface area contributed by atoms with Crippen LogP contribution in [0.15, 0.2) is 34.7 Å². The van der Waals surface area contributed by atoms with Crippen molar-refractivity contribution in [1.29, 1.82) is 0 Å². The highest BCUT2D eigenvalue weighted by atomic mass is 32.1. The standard InChI is InChI=1S/C18H21NO3S/c1-4-22-18(21)15-11(3)19-12-6-5-7-13(20)16(12)17(15)14-9-8-10(2)23-14/h8-9,17,19H,4-7H2,1-3H3/t17-/m0/s1. The van der Waals surface area contributed by atoms with E-state index in [4.69, 9.17) is 4.74 Å². The average Bonchev–Trinajstić information content (AvgIpc) is 2.92. The van der Waals surface area contributed by atoms with Crippen LogP contribution in [-0.2, 0) is 14.3 Å². The average molecular weight is 331 g/mol. The molecule has 5 heteroatoms. The van der Waals surface area contributed by atoms with E-state index in [1.54, 1.807) is 18.3 Å². The predicted octanol–water partition coefficient (Wildman–Crippen LogP) is 3.59. The monoisotopic (exact) mass is 331 g/mol. The molecule has 2 heterocycles. The van der Waals surface area contributed by atoms with Crippen LogP contribution in [0.5, 0.6) is 0 Å². The second-order valence-corrected chi connectivity index (χ2v) is 7.25. The van der Waals surface area contributed by atoms with E-state index in [0.717, 1.165) is 34.7 Å². The molecule has 0 spiro atoms. The van der Waals surface area contributed by atoms with Crippen molar-refractivity contribution in [3.63, 3.8) is 0 Å². The maximum absolute atomic E-state index is 12.6. The lowest BCUT2D eigenvalue weighted by atomic mass is 9.78. The summed E-state index contributed by atoms with van der Waals surface area (Å²) in [4.78, 5) is 27.3. The van der Waals surface area contributed by atoms with E-state index in [0.29, 0.717) is 18.6 Å². The molecule has 4 nitrogen and oxygen atoms in total. The van der Waals surface area contributed by atoms with Crippen molar-refractivity contribution in [1.82, 2.24) is 5.32 Å². The summed E-state index contributed by atoms with van der Waals surface area (Å²) in [6.07, 6.45) is 2.27. The first kappa shape index (κ1) is 16.0. The zero-order valence-corrected chi connectivity index (χ0v) is 14.5. The molecule has 1 aromatic rings. The van der Waals surface area contributed by atoms with Gasteiger partial charge in [-0.1, -0.05) is 0 Å². The van der Waals surface area contributed by atoms with Gasteiger partial charge in [0.2, 0.25) is 0 Å². The van der Waals surface area contributed by atoms with Crippen LogP contribution in [0, 0.1) is 6.92 Å². The molecule has 0 fully saturated rings. The third-order valence-corrected chi connectivity index (χ3v) is 5.38. The van der Waals surface area contributed by atoms with Gasteiger partial charge in [-0.25, -0.2) is 4.79 Å². The quantitative estimate of drug-likeness (QED) is 0.860. The van der Waals surface area contributed by atoms with E-state index in [1.807, 2.05) is 26.0 Å². The minimum atomic E-state index is -0.335. The van der Waals surface area contributed by atoms with E-state index >= 15 is 0 Å². The van der Waals surface area contributed by atoms with Crippen LogP contribution in [0.3, 0.4) is 0 Å². The van der Waals surface area contributed by atoms with Crippen molar-refractivity contribution < 1.29 is 14.3 Å². The Labute approximate surface area is 140 Å². The second-order valence-electron chi connectivity index (χ2n) is 5.93. The van der Waals surface area contributed by atoms with Gasteiger partial charge in [-0.15, -0.1) is 11.3 Å². The first-order chi connectivity index (χ1) is 11.0. The number of allylic oxidation sites excluding steroid dienone is 3. The second kappa shape index (κ2) is 6.32. The zero-order valence-electron chi connectivity index (χ0n) is 13.7. The van der Waals surface area contributed by atoms with Crippen LogP contribution in [0.4, 0.5) is 0 Å². The van der Waals surface area contributed by atoms with Crippen LogP contribution < -0.4 is 5.32 Å². The van der Waals surface area contributed by atoms with Gasteiger partial charge >= 0.3 is 5.97 Å². The molecule has 0 amide bonds. The van der Waals surface area contributed by atoms with Gasteiger partial charge in [0.05, 0.1) is 18.1 Å². The molecule has 23 heavy (non-hydrogen) atoms. The maximum atomic E-state index is 12.6.